The highest BCUT2D eigenvalue weighted by Crippen LogP contribution is 2.51. The largest absolute Gasteiger partial charge is 0.481 e. The molecule has 0 saturated heterocycles. The van der Waals surface area contributed by atoms with Crippen molar-refractivity contribution in [2.24, 2.45) is 34.5 Å². The molecule has 2 atom stereocenters. The van der Waals surface area contributed by atoms with Crippen LogP contribution in [0.25, 0.3) is 0 Å². The van der Waals surface area contributed by atoms with Crippen molar-refractivity contribution in [3.8, 4) is 0 Å². The molecule has 0 spiro atoms. The Bertz CT molecular complexity index is 282. The highest BCUT2D eigenvalue weighted by Gasteiger charge is 2.48. The minimum atomic E-state index is -0.596. The molecule has 1 N–H and O–H groups in total. The monoisotopic (exact) mass is 254 g/mol. The molecule has 0 radical (unpaired) electrons. The fourth-order valence-electron chi connectivity index (χ4n) is 3.67. The molecule has 0 aromatic carbocycles. The van der Waals surface area contributed by atoms with Gasteiger partial charge in [-0.2, -0.15) is 0 Å². The molecule has 0 heterocycles. The van der Waals surface area contributed by atoms with Crippen molar-refractivity contribution in [3.05, 3.63) is 0 Å². The second kappa shape index (κ2) is 4.86. The Morgan fingerprint density at radius 1 is 0.944 bits per heavy atom. The molecule has 1 fully saturated rings. The number of carboxylic acids is 1. The molecule has 0 bridgehead atoms. The number of aliphatic carboxylic acids is 1. The van der Waals surface area contributed by atoms with E-state index in [1.54, 1.807) is 0 Å². The van der Waals surface area contributed by atoms with E-state index in [1.165, 1.54) is 0 Å². The van der Waals surface area contributed by atoms with E-state index in [-0.39, 0.29) is 28.6 Å². The summed E-state index contributed by atoms with van der Waals surface area (Å²) >= 11 is 0. The Labute approximate surface area is 112 Å². The highest BCUT2D eigenvalue weighted by atomic mass is 16.4. The molecule has 106 valence electrons. The van der Waals surface area contributed by atoms with Gasteiger partial charge in [-0.15, -0.1) is 0 Å². The summed E-state index contributed by atoms with van der Waals surface area (Å²) in [6.07, 6.45) is 2.10. The molecule has 0 aromatic heterocycles. The number of rotatable bonds is 1. The molecule has 1 saturated carbocycles. The van der Waals surface area contributed by atoms with Gasteiger partial charge in [-0.25, -0.2) is 0 Å². The van der Waals surface area contributed by atoms with Crippen molar-refractivity contribution in [1.29, 1.82) is 0 Å². The van der Waals surface area contributed by atoms with E-state index < -0.39 is 5.97 Å². The standard InChI is InChI=1S/C16H30O2/c1-10-8-11(15(2,3)4)13(14(17)18)12(9-10)16(5,6)7/h10-13H,8-9H2,1-7H3,(H,17,18). The zero-order valence-electron chi connectivity index (χ0n) is 13.1. The summed E-state index contributed by atoms with van der Waals surface area (Å²) < 4.78 is 0. The van der Waals surface area contributed by atoms with Gasteiger partial charge in [-0.05, 0) is 41.4 Å². The smallest absolute Gasteiger partial charge is 0.307 e. The second-order valence-electron chi connectivity index (χ2n) is 8.39. The van der Waals surface area contributed by atoms with E-state index in [0.29, 0.717) is 5.92 Å². The van der Waals surface area contributed by atoms with Crippen LogP contribution in [0.5, 0.6) is 0 Å². The Morgan fingerprint density at radius 3 is 1.50 bits per heavy atom. The quantitative estimate of drug-likeness (QED) is 0.751. The summed E-state index contributed by atoms with van der Waals surface area (Å²) in [5.74, 6) is 0.406. The zero-order valence-corrected chi connectivity index (χ0v) is 13.1. The molecule has 18 heavy (non-hydrogen) atoms. The summed E-state index contributed by atoms with van der Waals surface area (Å²) in [5.41, 5.74) is 0.141. The van der Waals surface area contributed by atoms with E-state index in [2.05, 4.69) is 48.5 Å². The topological polar surface area (TPSA) is 37.3 Å². The minimum Gasteiger partial charge on any atom is -0.481 e. The van der Waals surface area contributed by atoms with Crippen molar-refractivity contribution in [2.75, 3.05) is 0 Å². The van der Waals surface area contributed by atoms with Gasteiger partial charge < -0.3 is 5.11 Å². The van der Waals surface area contributed by atoms with E-state index >= 15 is 0 Å². The van der Waals surface area contributed by atoms with Crippen LogP contribution in [0.15, 0.2) is 0 Å². The van der Waals surface area contributed by atoms with Gasteiger partial charge in [0.25, 0.3) is 0 Å². The van der Waals surface area contributed by atoms with Crippen LogP contribution in [0, 0.1) is 34.5 Å². The van der Waals surface area contributed by atoms with Crippen molar-refractivity contribution in [3.63, 3.8) is 0 Å². The van der Waals surface area contributed by atoms with Crippen LogP contribution < -0.4 is 0 Å². The lowest BCUT2D eigenvalue weighted by atomic mass is 9.55. The van der Waals surface area contributed by atoms with Gasteiger partial charge in [-0.1, -0.05) is 48.5 Å². The summed E-state index contributed by atoms with van der Waals surface area (Å²) in [7, 11) is 0. The third kappa shape index (κ3) is 3.27. The van der Waals surface area contributed by atoms with Crippen molar-refractivity contribution < 1.29 is 9.90 Å². The average Bonchev–Trinajstić information content (AvgIpc) is 2.12. The maximum atomic E-state index is 11.8. The minimum absolute atomic E-state index is 0.0707. The van der Waals surface area contributed by atoms with Crippen LogP contribution >= 0.6 is 0 Å². The first kappa shape index (κ1) is 15.5. The molecule has 2 nitrogen and oxygen atoms in total. The molecule has 2 unspecified atom stereocenters. The normalized spacial score (nSPS) is 34.4. The van der Waals surface area contributed by atoms with Crippen LogP contribution in [0.3, 0.4) is 0 Å². The number of carbonyl (C=O) groups is 1. The lowest BCUT2D eigenvalue weighted by molar-refractivity contribution is -0.155. The lowest BCUT2D eigenvalue weighted by Gasteiger charge is -2.49. The summed E-state index contributed by atoms with van der Waals surface area (Å²) in [5, 5.41) is 9.69. The predicted molar refractivity (Wildman–Crippen MR) is 75.4 cm³/mol. The van der Waals surface area contributed by atoms with Gasteiger partial charge in [0.05, 0.1) is 5.92 Å². The summed E-state index contributed by atoms with van der Waals surface area (Å²) in [6.45, 7) is 15.4. The number of carboxylic acid groups (broad SMARTS) is 1. The van der Waals surface area contributed by atoms with Gasteiger partial charge in [0.1, 0.15) is 0 Å². The molecule has 0 aliphatic heterocycles. The van der Waals surface area contributed by atoms with E-state index in [4.69, 9.17) is 0 Å². The van der Waals surface area contributed by atoms with Crippen LogP contribution in [0.2, 0.25) is 0 Å². The molecule has 2 heteroatoms. The van der Waals surface area contributed by atoms with Gasteiger partial charge in [0, 0.05) is 0 Å². The Balaban J connectivity index is 3.14. The number of hydrogen-bond acceptors (Lipinski definition) is 1. The van der Waals surface area contributed by atoms with Gasteiger partial charge in [0.2, 0.25) is 0 Å². The first-order valence-corrected chi connectivity index (χ1v) is 7.17. The first-order valence-electron chi connectivity index (χ1n) is 7.17. The molecular weight excluding hydrogens is 224 g/mol. The van der Waals surface area contributed by atoms with Gasteiger partial charge >= 0.3 is 5.97 Å². The molecule has 0 amide bonds. The van der Waals surface area contributed by atoms with Gasteiger partial charge in [0.15, 0.2) is 0 Å². The van der Waals surface area contributed by atoms with E-state index in [0.717, 1.165) is 12.8 Å². The van der Waals surface area contributed by atoms with Crippen molar-refractivity contribution in [1.82, 2.24) is 0 Å². The highest BCUT2D eigenvalue weighted by molar-refractivity contribution is 5.71. The van der Waals surface area contributed by atoms with Crippen LogP contribution in [-0.4, -0.2) is 11.1 Å². The van der Waals surface area contributed by atoms with Crippen molar-refractivity contribution in [2.45, 2.75) is 61.3 Å². The summed E-state index contributed by atoms with van der Waals surface area (Å²) in [4.78, 5) is 11.8. The summed E-state index contributed by atoms with van der Waals surface area (Å²) in [6, 6.07) is 0. The maximum Gasteiger partial charge on any atom is 0.307 e. The Morgan fingerprint density at radius 2 is 1.28 bits per heavy atom. The third-order valence-corrected chi connectivity index (χ3v) is 4.69. The average molecular weight is 254 g/mol. The van der Waals surface area contributed by atoms with Crippen LogP contribution in [-0.2, 0) is 4.79 Å². The molecule has 0 aromatic rings. The molecule has 1 aliphatic rings. The predicted octanol–water partition coefficient (Wildman–Crippen LogP) is 4.44. The second-order valence-corrected chi connectivity index (χ2v) is 8.39. The lowest BCUT2D eigenvalue weighted by Crippen LogP contribution is -2.47. The van der Waals surface area contributed by atoms with Crippen LogP contribution in [0.1, 0.15) is 61.3 Å². The fourth-order valence-corrected chi connectivity index (χ4v) is 3.67. The van der Waals surface area contributed by atoms with Gasteiger partial charge in [-0.3, -0.25) is 4.79 Å². The first-order chi connectivity index (χ1) is 7.94. The van der Waals surface area contributed by atoms with Crippen molar-refractivity contribution >= 4 is 5.97 Å². The van der Waals surface area contributed by atoms with E-state index in [1.807, 2.05) is 0 Å². The zero-order chi connectivity index (χ0) is 14.3. The number of hydrogen-bond donors (Lipinski definition) is 1. The van der Waals surface area contributed by atoms with Crippen LogP contribution in [0.4, 0.5) is 0 Å². The Kier molecular flexibility index (Phi) is 4.19. The SMILES string of the molecule is CC1CC(C(C)(C)C)C(C(=O)O)C(C(C)(C)C)C1. The fraction of sp³-hybridized carbons (Fsp3) is 0.938. The molecule has 1 rings (SSSR count). The third-order valence-electron chi connectivity index (χ3n) is 4.69. The molecular formula is C16H30O2. The molecule has 1 aliphatic carbocycles. The Hall–Kier alpha value is -0.530. The maximum absolute atomic E-state index is 11.8. The van der Waals surface area contributed by atoms with E-state index in [9.17, 15) is 9.90 Å².